The highest BCUT2D eigenvalue weighted by atomic mass is 32.1. The lowest BCUT2D eigenvalue weighted by molar-refractivity contribution is 0.102. The molecule has 0 atom stereocenters. The van der Waals surface area contributed by atoms with Crippen molar-refractivity contribution < 1.29 is 23.7 Å². The largest absolute Gasteiger partial charge is 0.486 e. The number of aromatic nitrogens is 1. The number of carbonyl (C=O) groups is 1. The summed E-state index contributed by atoms with van der Waals surface area (Å²) in [7, 11) is 0. The number of thiazole rings is 1. The number of hydrogen-bond donors (Lipinski definition) is 1. The quantitative estimate of drug-likeness (QED) is 0.489. The molecule has 32 heavy (non-hydrogen) atoms. The minimum Gasteiger partial charge on any atom is -0.486 e. The third-order valence-corrected chi connectivity index (χ3v) is 6.35. The zero-order valence-corrected chi connectivity index (χ0v) is 17.7. The van der Waals surface area contributed by atoms with Gasteiger partial charge in [-0.3, -0.25) is 4.79 Å². The molecule has 4 aromatic rings. The number of nitrogens with zero attached hydrogens (tertiary/aromatic N) is 1. The molecule has 6 rings (SSSR count). The first kappa shape index (κ1) is 18.9. The lowest BCUT2D eigenvalue weighted by Crippen LogP contribution is -2.16. The second-order valence-electron chi connectivity index (χ2n) is 7.35. The molecule has 160 valence electrons. The van der Waals surface area contributed by atoms with Crippen LogP contribution in [0.5, 0.6) is 23.0 Å². The molecule has 2 aliphatic rings. The van der Waals surface area contributed by atoms with Gasteiger partial charge >= 0.3 is 0 Å². The standard InChI is InChI=1S/C24H18N2O5S/c27-23(25-16-4-6-18-20(13-16)30-9-8-28-18)14-2-1-3-15(12-14)24-26-17-5-7-19-21(22(17)32-24)31-11-10-29-19/h1-7,12-13H,8-11H2,(H,25,27). The molecule has 0 saturated carbocycles. The van der Waals surface area contributed by atoms with Crippen molar-refractivity contribution in [3.05, 3.63) is 60.2 Å². The van der Waals surface area contributed by atoms with Crippen LogP contribution < -0.4 is 24.3 Å². The van der Waals surface area contributed by atoms with Gasteiger partial charge in [0, 0.05) is 22.9 Å². The van der Waals surface area contributed by atoms with Gasteiger partial charge in [-0.2, -0.15) is 0 Å². The average molecular weight is 446 g/mol. The van der Waals surface area contributed by atoms with Crippen molar-refractivity contribution in [3.63, 3.8) is 0 Å². The maximum absolute atomic E-state index is 12.9. The summed E-state index contributed by atoms with van der Waals surface area (Å²) in [5, 5.41) is 3.74. The monoisotopic (exact) mass is 446 g/mol. The second kappa shape index (κ2) is 7.72. The molecule has 0 saturated heterocycles. The predicted octanol–water partition coefficient (Wildman–Crippen LogP) is 4.76. The molecule has 8 heteroatoms. The molecule has 0 spiro atoms. The van der Waals surface area contributed by atoms with Crippen LogP contribution >= 0.6 is 11.3 Å². The molecule has 0 radical (unpaired) electrons. The highest BCUT2D eigenvalue weighted by Gasteiger charge is 2.19. The Morgan fingerprint density at radius 1 is 0.844 bits per heavy atom. The summed E-state index contributed by atoms with van der Waals surface area (Å²) in [6.45, 7) is 2.09. The second-order valence-corrected chi connectivity index (χ2v) is 8.35. The molecular formula is C24H18N2O5S. The van der Waals surface area contributed by atoms with Crippen molar-refractivity contribution in [2.75, 3.05) is 31.7 Å². The fraction of sp³-hybridized carbons (Fsp3) is 0.167. The summed E-state index contributed by atoms with van der Waals surface area (Å²) in [5.74, 6) is 2.59. The van der Waals surface area contributed by atoms with Gasteiger partial charge in [0.2, 0.25) is 0 Å². The molecule has 3 aromatic carbocycles. The Morgan fingerprint density at radius 2 is 1.62 bits per heavy atom. The van der Waals surface area contributed by atoms with E-state index in [9.17, 15) is 4.79 Å². The molecule has 1 N–H and O–H groups in total. The topological polar surface area (TPSA) is 78.9 Å². The predicted molar refractivity (Wildman–Crippen MR) is 121 cm³/mol. The third kappa shape index (κ3) is 3.38. The number of amides is 1. The molecular weight excluding hydrogens is 428 g/mol. The van der Waals surface area contributed by atoms with Crippen LogP contribution in [0.1, 0.15) is 10.4 Å². The third-order valence-electron chi connectivity index (χ3n) is 5.24. The van der Waals surface area contributed by atoms with E-state index in [1.807, 2.05) is 30.3 Å². The van der Waals surface area contributed by atoms with E-state index in [-0.39, 0.29) is 5.91 Å². The molecule has 0 unspecified atom stereocenters. The van der Waals surface area contributed by atoms with Gasteiger partial charge in [0.25, 0.3) is 5.91 Å². The van der Waals surface area contributed by atoms with Gasteiger partial charge in [-0.15, -0.1) is 11.3 Å². The smallest absolute Gasteiger partial charge is 0.255 e. The summed E-state index contributed by atoms with van der Waals surface area (Å²) in [6, 6.07) is 16.6. The van der Waals surface area contributed by atoms with Gasteiger partial charge in [-0.1, -0.05) is 12.1 Å². The van der Waals surface area contributed by atoms with Crippen molar-refractivity contribution in [1.82, 2.24) is 4.98 Å². The number of benzene rings is 3. The van der Waals surface area contributed by atoms with Crippen molar-refractivity contribution in [2.45, 2.75) is 0 Å². The SMILES string of the molecule is O=C(Nc1ccc2c(c1)OCCO2)c1cccc(-c2nc3ccc4c(c3s2)OCCO4)c1. The molecule has 0 fully saturated rings. The average Bonchev–Trinajstić information content (AvgIpc) is 3.29. The van der Waals surface area contributed by atoms with Gasteiger partial charge < -0.3 is 24.3 Å². The fourth-order valence-electron chi connectivity index (χ4n) is 3.74. The lowest BCUT2D eigenvalue weighted by atomic mass is 10.1. The van der Waals surface area contributed by atoms with E-state index in [4.69, 9.17) is 23.9 Å². The van der Waals surface area contributed by atoms with Crippen LogP contribution in [0.15, 0.2) is 54.6 Å². The highest BCUT2D eigenvalue weighted by molar-refractivity contribution is 7.22. The van der Waals surface area contributed by atoms with Crippen LogP contribution in [0, 0.1) is 0 Å². The zero-order valence-electron chi connectivity index (χ0n) is 16.9. The maximum Gasteiger partial charge on any atom is 0.255 e. The van der Waals surface area contributed by atoms with Gasteiger partial charge in [-0.05, 0) is 36.4 Å². The summed E-state index contributed by atoms with van der Waals surface area (Å²) in [4.78, 5) is 17.6. The molecule has 1 amide bonds. The summed E-state index contributed by atoms with van der Waals surface area (Å²) < 4.78 is 23.6. The first-order valence-corrected chi connectivity index (χ1v) is 11.1. The Balaban J connectivity index is 1.28. The Kier molecular flexibility index (Phi) is 4.57. The summed E-state index contributed by atoms with van der Waals surface area (Å²) in [5.41, 5.74) is 2.90. The summed E-state index contributed by atoms with van der Waals surface area (Å²) in [6.07, 6.45) is 0. The Bertz CT molecular complexity index is 1350. The van der Waals surface area contributed by atoms with Crippen LogP contribution in [0.4, 0.5) is 5.69 Å². The maximum atomic E-state index is 12.9. The Hall–Kier alpha value is -3.78. The van der Waals surface area contributed by atoms with E-state index in [1.165, 1.54) is 11.3 Å². The lowest BCUT2D eigenvalue weighted by Gasteiger charge is -2.19. The Morgan fingerprint density at radius 3 is 2.53 bits per heavy atom. The van der Waals surface area contributed by atoms with Crippen molar-refractivity contribution in [3.8, 4) is 33.6 Å². The van der Waals surface area contributed by atoms with E-state index in [2.05, 4.69) is 5.32 Å². The van der Waals surface area contributed by atoms with E-state index in [1.54, 1.807) is 24.3 Å². The minimum atomic E-state index is -0.209. The van der Waals surface area contributed by atoms with Crippen LogP contribution in [-0.2, 0) is 0 Å². The van der Waals surface area contributed by atoms with Crippen molar-refractivity contribution >= 4 is 33.1 Å². The fourth-order valence-corrected chi connectivity index (χ4v) is 4.79. The van der Waals surface area contributed by atoms with E-state index in [0.717, 1.165) is 32.3 Å². The number of rotatable bonds is 3. The van der Waals surface area contributed by atoms with Gasteiger partial charge in [0.15, 0.2) is 23.0 Å². The van der Waals surface area contributed by atoms with Crippen molar-refractivity contribution in [2.24, 2.45) is 0 Å². The number of nitrogens with one attached hydrogen (secondary N) is 1. The van der Waals surface area contributed by atoms with Crippen LogP contribution in [0.25, 0.3) is 20.8 Å². The van der Waals surface area contributed by atoms with Crippen LogP contribution in [0.2, 0.25) is 0 Å². The highest BCUT2D eigenvalue weighted by Crippen LogP contribution is 2.42. The van der Waals surface area contributed by atoms with Gasteiger partial charge in [-0.25, -0.2) is 4.98 Å². The molecule has 7 nitrogen and oxygen atoms in total. The molecule has 2 aliphatic heterocycles. The molecule has 1 aromatic heterocycles. The number of fused-ring (bicyclic) bond motifs is 4. The van der Waals surface area contributed by atoms with Gasteiger partial charge in [0.1, 0.15) is 36.1 Å². The van der Waals surface area contributed by atoms with Gasteiger partial charge in [0.05, 0.1) is 5.52 Å². The Labute approximate surface area is 187 Å². The zero-order chi connectivity index (χ0) is 21.5. The number of anilines is 1. The normalized spacial score (nSPS) is 14.2. The van der Waals surface area contributed by atoms with Crippen LogP contribution in [0.3, 0.4) is 0 Å². The van der Waals surface area contributed by atoms with E-state index in [0.29, 0.717) is 49.2 Å². The van der Waals surface area contributed by atoms with Crippen molar-refractivity contribution in [1.29, 1.82) is 0 Å². The molecule has 0 aliphatic carbocycles. The summed E-state index contributed by atoms with van der Waals surface area (Å²) >= 11 is 1.53. The van der Waals surface area contributed by atoms with Crippen LogP contribution in [-0.4, -0.2) is 37.3 Å². The molecule has 0 bridgehead atoms. The van der Waals surface area contributed by atoms with E-state index < -0.39 is 0 Å². The first-order chi connectivity index (χ1) is 15.7. The van der Waals surface area contributed by atoms with E-state index >= 15 is 0 Å². The minimum absolute atomic E-state index is 0.209. The number of hydrogen-bond acceptors (Lipinski definition) is 7. The first-order valence-electron chi connectivity index (χ1n) is 10.3. The number of carbonyl (C=O) groups excluding carboxylic acids is 1. The number of ether oxygens (including phenoxy) is 4. The molecule has 3 heterocycles.